The van der Waals surface area contributed by atoms with E-state index in [1.165, 1.54) is 33.5 Å². The zero-order valence-corrected chi connectivity index (χ0v) is 9.55. The summed E-state index contributed by atoms with van der Waals surface area (Å²) in [6.07, 6.45) is 0. The predicted octanol–water partition coefficient (Wildman–Crippen LogP) is 1.55. The first-order valence-corrected chi connectivity index (χ1v) is 4.52. The van der Waals surface area contributed by atoms with Crippen molar-refractivity contribution in [3.05, 3.63) is 22.6 Å². The number of benzene rings is 1. The maximum atomic E-state index is 11.3. The first kappa shape index (κ1) is 12.8. The molecule has 92 valence electrons. The molecule has 0 heterocycles. The average molecular weight is 241 g/mol. The molecule has 0 atom stereocenters. The number of ether oxygens (including phenoxy) is 3. The van der Waals surface area contributed by atoms with Gasteiger partial charge in [0.2, 0.25) is 5.75 Å². The molecule has 0 aliphatic rings. The largest absolute Gasteiger partial charge is 0.493 e. The topological polar surface area (TPSA) is 83.4 Å². The van der Waals surface area contributed by atoms with Gasteiger partial charge in [0.1, 0.15) is 0 Å². The van der Waals surface area contributed by atoms with Crippen LogP contribution in [0.25, 0.3) is 0 Å². The molecule has 0 saturated heterocycles. The van der Waals surface area contributed by atoms with Crippen molar-refractivity contribution >= 4 is 5.97 Å². The summed E-state index contributed by atoms with van der Waals surface area (Å²) in [6.45, 7) is 0. The molecule has 7 nitrogen and oxygen atoms in total. The number of hydrogen-bond donors (Lipinski definition) is 0. The minimum atomic E-state index is -0.903. The van der Waals surface area contributed by atoms with E-state index in [0.717, 1.165) is 0 Å². The number of hydrogen-bond acceptors (Lipinski definition) is 7. The van der Waals surface area contributed by atoms with Gasteiger partial charge in [-0.05, 0) is 12.1 Å². The van der Waals surface area contributed by atoms with E-state index < -0.39 is 5.97 Å². The SMILES string of the molecule is COc1cc(C(=O)ON=O)cc(OC)c1OC. The molecule has 0 amide bonds. The normalized spacial score (nSPS) is 9.35. The van der Waals surface area contributed by atoms with Crippen LogP contribution in [0.5, 0.6) is 17.2 Å². The molecule has 0 unspecified atom stereocenters. The van der Waals surface area contributed by atoms with Crippen molar-refractivity contribution in [1.29, 1.82) is 0 Å². The molecule has 0 fully saturated rings. The molecule has 7 heteroatoms. The predicted molar refractivity (Wildman–Crippen MR) is 57.3 cm³/mol. The van der Waals surface area contributed by atoms with Crippen molar-refractivity contribution < 1.29 is 23.8 Å². The summed E-state index contributed by atoms with van der Waals surface area (Å²) in [6, 6.07) is 2.71. The second kappa shape index (κ2) is 5.69. The van der Waals surface area contributed by atoms with E-state index in [-0.39, 0.29) is 17.1 Å². The van der Waals surface area contributed by atoms with Gasteiger partial charge < -0.3 is 14.2 Å². The first-order valence-electron chi connectivity index (χ1n) is 4.52. The lowest BCUT2D eigenvalue weighted by Crippen LogP contribution is -2.03. The molecule has 0 radical (unpaired) electrons. The zero-order chi connectivity index (χ0) is 12.8. The lowest BCUT2D eigenvalue weighted by Gasteiger charge is -2.12. The van der Waals surface area contributed by atoms with Crippen LogP contribution in [0.15, 0.2) is 17.5 Å². The minimum Gasteiger partial charge on any atom is -0.493 e. The smallest absolute Gasteiger partial charge is 0.369 e. The summed E-state index contributed by atoms with van der Waals surface area (Å²) >= 11 is 0. The average Bonchev–Trinajstić information content (AvgIpc) is 2.37. The highest BCUT2D eigenvalue weighted by molar-refractivity contribution is 5.91. The third kappa shape index (κ3) is 2.63. The van der Waals surface area contributed by atoms with E-state index in [4.69, 9.17) is 14.2 Å². The maximum absolute atomic E-state index is 11.3. The van der Waals surface area contributed by atoms with E-state index in [1.807, 2.05) is 0 Å². The van der Waals surface area contributed by atoms with Crippen LogP contribution < -0.4 is 14.2 Å². The van der Waals surface area contributed by atoms with E-state index in [1.54, 1.807) is 0 Å². The Labute approximate surface area is 97.2 Å². The molecule has 17 heavy (non-hydrogen) atoms. The fraction of sp³-hybridized carbons (Fsp3) is 0.300. The van der Waals surface area contributed by atoms with Gasteiger partial charge in [-0.25, -0.2) is 4.79 Å². The van der Waals surface area contributed by atoms with Crippen LogP contribution in [-0.4, -0.2) is 27.3 Å². The van der Waals surface area contributed by atoms with Gasteiger partial charge in [0.25, 0.3) is 0 Å². The van der Waals surface area contributed by atoms with E-state index in [9.17, 15) is 9.70 Å². The Morgan fingerprint density at radius 1 is 1.06 bits per heavy atom. The van der Waals surface area contributed by atoms with E-state index in [2.05, 4.69) is 10.2 Å². The Morgan fingerprint density at radius 2 is 1.59 bits per heavy atom. The van der Waals surface area contributed by atoms with Crippen molar-refractivity contribution in [2.75, 3.05) is 21.3 Å². The van der Waals surface area contributed by atoms with Gasteiger partial charge in [0, 0.05) is 0 Å². The summed E-state index contributed by atoms with van der Waals surface area (Å²) in [7, 11) is 4.25. The Balaban J connectivity index is 3.26. The van der Waals surface area contributed by atoms with Crippen LogP contribution in [0, 0.1) is 4.91 Å². The lowest BCUT2D eigenvalue weighted by atomic mass is 10.2. The third-order valence-corrected chi connectivity index (χ3v) is 2.02. The highest BCUT2D eigenvalue weighted by Crippen LogP contribution is 2.38. The van der Waals surface area contributed by atoms with Gasteiger partial charge in [0.05, 0.1) is 26.9 Å². The first-order chi connectivity index (χ1) is 8.17. The lowest BCUT2D eigenvalue weighted by molar-refractivity contribution is 0.0507. The van der Waals surface area contributed by atoms with Crippen molar-refractivity contribution in [2.24, 2.45) is 5.34 Å². The number of carbonyl (C=O) groups is 1. The number of rotatable bonds is 5. The van der Waals surface area contributed by atoms with Gasteiger partial charge in [-0.2, -0.15) is 0 Å². The fourth-order valence-corrected chi connectivity index (χ4v) is 1.29. The number of carbonyl (C=O) groups excluding carboxylic acids is 1. The fourth-order valence-electron chi connectivity index (χ4n) is 1.29. The Morgan fingerprint density at radius 3 is 1.94 bits per heavy atom. The maximum Gasteiger partial charge on any atom is 0.369 e. The molecule has 0 saturated carbocycles. The molecular weight excluding hydrogens is 230 g/mol. The molecular formula is C10H11NO6. The molecule has 0 aliphatic carbocycles. The Hall–Kier alpha value is -2.31. The molecule has 1 rings (SSSR count). The zero-order valence-electron chi connectivity index (χ0n) is 9.55. The molecule has 0 bridgehead atoms. The molecule has 0 aliphatic heterocycles. The van der Waals surface area contributed by atoms with Crippen molar-refractivity contribution in [3.63, 3.8) is 0 Å². The van der Waals surface area contributed by atoms with Gasteiger partial charge in [-0.1, -0.05) is 0 Å². The molecule has 1 aromatic rings. The van der Waals surface area contributed by atoms with E-state index >= 15 is 0 Å². The van der Waals surface area contributed by atoms with Crippen LogP contribution >= 0.6 is 0 Å². The minimum absolute atomic E-state index is 0.0686. The molecule has 0 N–H and O–H groups in total. The van der Waals surface area contributed by atoms with Crippen LogP contribution in [-0.2, 0) is 4.84 Å². The summed E-state index contributed by atoms with van der Waals surface area (Å²) in [5.41, 5.74) is 0.0686. The molecule has 1 aromatic carbocycles. The van der Waals surface area contributed by atoms with Crippen molar-refractivity contribution in [1.82, 2.24) is 0 Å². The standard InChI is InChI=1S/C10H11NO6/c1-14-7-4-6(10(12)17-11-13)5-8(15-2)9(7)16-3/h4-5H,1-3H3. The molecule has 0 spiro atoms. The van der Waals surface area contributed by atoms with E-state index in [0.29, 0.717) is 5.75 Å². The Bertz CT molecular complexity index is 406. The molecule has 0 aromatic heterocycles. The summed E-state index contributed by atoms with van der Waals surface area (Å²) in [4.78, 5) is 25.1. The van der Waals surface area contributed by atoms with Gasteiger partial charge in [0.15, 0.2) is 16.8 Å². The quantitative estimate of drug-likeness (QED) is 0.574. The third-order valence-electron chi connectivity index (χ3n) is 2.02. The van der Waals surface area contributed by atoms with Gasteiger partial charge in [-0.3, -0.25) is 4.84 Å². The number of nitrogens with zero attached hydrogens (tertiary/aromatic N) is 1. The highest BCUT2D eigenvalue weighted by Gasteiger charge is 2.18. The second-order valence-corrected chi connectivity index (χ2v) is 2.87. The monoisotopic (exact) mass is 241 g/mol. The van der Waals surface area contributed by atoms with Crippen molar-refractivity contribution in [2.45, 2.75) is 0 Å². The van der Waals surface area contributed by atoms with Crippen LogP contribution in [0.1, 0.15) is 10.4 Å². The second-order valence-electron chi connectivity index (χ2n) is 2.87. The van der Waals surface area contributed by atoms with Crippen LogP contribution in [0.3, 0.4) is 0 Å². The van der Waals surface area contributed by atoms with Crippen LogP contribution in [0.2, 0.25) is 0 Å². The Kier molecular flexibility index (Phi) is 4.27. The summed E-state index contributed by atoms with van der Waals surface area (Å²) < 4.78 is 15.1. The van der Waals surface area contributed by atoms with Gasteiger partial charge >= 0.3 is 5.97 Å². The van der Waals surface area contributed by atoms with Crippen LogP contribution in [0.4, 0.5) is 0 Å². The summed E-state index contributed by atoms with van der Waals surface area (Å²) in [5, 5.41) is 2.05. The number of methoxy groups -OCH3 is 3. The van der Waals surface area contributed by atoms with Crippen molar-refractivity contribution in [3.8, 4) is 17.2 Å². The highest BCUT2D eigenvalue weighted by atomic mass is 16.7. The summed E-state index contributed by atoms with van der Waals surface area (Å²) in [5.74, 6) is -0.000682. The van der Waals surface area contributed by atoms with Gasteiger partial charge in [-0.15, -0.1) is 4.91 Å².